The molecular formula is C14H18N2O. The second-order valence-electron chi connectivity index (χ2n) is 3.92. The molecule has 0 saturated carbocycles. The number of para-hydroxylation sites is 2. The maximum Gasteiger partial charge on any atom is 0.142 e. The number of anilines is 1. The predicted octanol–water partition coefficient (Wildman–Crippen LogP) is 3.42. The van der Waals surface area contributed by atoms with Crippen molar-refractivity contribution in [2.24, 2.45) is 0 Å². The molecule has 0 amide bonds. The molecule has 3 nitrogen and oxygen atoms in total. The molecule has 0 radical (unpaired) electrons. The molecule has 17 heavy (non-hydrogen) atoms. The van der Waals surface area contributed by atoms with Crippen LogP contribution in [-0.2, 0) is 6.54 Å². The Morgan fingerprint density at radius 2 is 2.12 bits per heavy atom. The minimum atomic E-state index is 0.753. The Balaban J connectivity index is 1.99. The van der Waals surface area contributed by atoms with Crippen molar-refractivity contribution in [3.8, 4) is 5.75 Å². The highest BCUT2D eigenvalue weighted by Gasteiger charge is 2.02. The van der Waals surface area contributed by atoms with Crippen LogP contribution in [0.4, 0.5) is 5.69 Å². The molecule has 0 unspecified atom stereocenters. The largest absolute Gasteiger partial charge is 0.491 e. The number of hydrogen-bond acceptors (Lipinski definition) is 2. The first kappa shape index (κ1) is 11.6. The summed E-state index contributed by atoms with van der Waals surface area (Å²) in [5.41, 5.74) is 2.28. The zero-order chi connectivity index (χ0) is 11.9. The van der Waals surface area contributed by atoms with Crippen LogP contribution in [0.3, 0.4) is 0 Å². The van der Waals surface area contributed by atoms with Crippen LogP contribution in [0.2, 0.25) is 0 Å². The Morgan fingerprint density at radius 1 is 1.24 bits per heavy atom. The van der Waals surface area contributed by atoms with E-state index in [2.05, 4.69) is 23.3 Å². The third-order valence-electron chi connectivity index (χ3n) is 2.49. The monoisotopic (exact) mass is 230 g/mol. The SMILES string of the molecule is CCCOc1ccccc1NCc1cc[nH]c1. The first-order chi connectivity index (χ1) is 8.40. The van der Waals surface area contributed by atoms with Crippen LogP contribution >= 0.6 is 0 Å². The van der Waals surface area contributed by atoms with E-state index in [9.17, 15) is 0 Å². The topological polar surface area (TPSA) is 37.0 Å². The standard InChI is InChI=1S/C14H18N2O/c1-2-9-17-14-6-4-3-5-13(14)16-11-12-7-8-15-10-12/h3-8,10,15-16H,2,9,11H2,1H3. The molecule has 90 valence electrons. The number of H-pyrrole nitrogens is 1. The van der Waals surface area contributed by atoms with Crippen molar-refractivity contribution in [1.82, 2.24) is 4.98 Å². The molecule has 0 bridgehead atoms. The Morgan fingerprint density at radius 3 is 2.88 bits per heavy atom. The van der Waals surface area contributed by atoms with Gasteiger partial charge in [0, 0.05) is 18.9 Å². The number of rotatable bonds is 6. The summed E-state index contributed by atoms with van der Waals surface area (Å²) in [7, 11) is 0. The highest BCUT2D eigenvalue weighted by molar-refractivity contribution is 5.56. The van der Waals surface area contributed by atoms with Crippen LogP contribution in [0.1, 0.15) is 18.9 Å². The minimum Gasteiger partial charge on any atom is -0.491 e. The molecule has 0 fully saturated rings. The van der Waals surface area contributed by atoms with Gasteiger partial charge in [-0.3, -0.25) is 0 Å². The molecular weight excluding hydrogens is 212 g/mol. The molecule has 3 heteroatoms. The van der Waals surface area contributed by atoms with Crippen molar-refractivity contribution >= 4 is 5.69 Å². The third kappa shape index (κ3) is 3.28. The molecule has 0 spiro atoms. The molecule has 0 atom stereocenters. The summed E-state index contributed by atoms with van der Waals surface area (Å²) in [6.07, 6.45) is 4.94. The molecule has 0 saturated heterocycles. The minimum absolute atomic E-state index is 0.753. The number of nitrogens with one attached hydrogen (secondary N) is 2. The fraction of sp³-hybridized carbons (Fsp3) is 0.286. The lowest BCUT2D eigenvalue weighted by Gasteiger charge is -2.12. The Hall–Kier alpha value is -1.90. The van der Waals surface area contributed by atoms with Gasteiger partial charge in [0.15, 0.2) is 0 Å². The van der Waals surface area contributed by atoms with Gasteiger partial charge in [-0.15, -0.1) is 0 Å². The highest BCUT2D eigenvalue weighted by Crippen LogP contribution is 2.24. The average molecular weight is 230 g/mol. The lowest BCUT2D eigenvalue weighted by atomic mass is 10.2. The van der Waals surface area contributed by atoms with E-state index in [4.69, 9.17) is 4.74 Å². The average Bonchev–Trinajstić information content (AvgIpc) is 2.88. The van der Waals surface area contributed by atoms with E-state index in [1.165, 1.54) is 5.56 Å². The lowest BCUT2D eigenvalue weighted by molar-refractivity contribution is 0.319. The van der Waals surface area contributed by atoms with E-state index in [1.54, 1.807) is 0 Å². The summed E-state index contributed by atoms with van der Waals surface area (Å²) < 4.78 is 5.69. The predicted molar refractivity (Wildman–Crippen MR) is 70.3 cm³/mol. The molecule has 0 aliphatic carbocycles. The maximum absolute atomic E-state index is 5.69. The highest BCUT2D eigenvalue weighted by atomic mass is 16.5. The van der Waals surface area contributed by atoms with E-state index in [1.807, 2.05) is 36.7 Å². The van der Waals surface area contributed by atoms with Gasteiger partial charge in [0.05, 0.1) is 12.3 Å². The first-order valence-corrected chi connectivity index (χ1v) is 5.97. The number of aromatic nitrogens is 1. The fourth-order valence-corrected chi connectivity index (χ4v) is 1.62. The second-order valence-corrected chi connectivity index (χ2v) is 3.92. The summed E-state index contributed by atoms with van der Waals surface area (Å²) in [6, 6.07) is 10.1. The van der Waals surface area contributed by atoms with E-state index in [-0.39, 0.29) is 0 Å². The van der Waals surface area contributed by atoms with Gasteiger partial charge < -0.3 is 15.0 Å². The summed E-state index contributed by atoms with van der Waals surface area (Å²) in [6.45, 7) is 3.66. The maximum atomic E-state index is 5.69. The van der Waals surface area contributed by atoms with Gasteiger partial charge in [0.2, 0.25) is 0 Å². The van der Waals surface area contributed by atoms with Crippen LogP contribution in [0, 0.1) is 0 Å². The Bertz CT molecular complexity index is 437. The number of benzene rings is 1. The van der Waals surface area contributed by atoms with Crippen molar-refractivity contribution in [1.29, 1.82) is 0 Å². The van der Waals surface area contributed by atoms with Gasteiger partial charge in [-0.1, -0.05) is 19.1 Å². The van der Waals surface area contributed by atoms with Crippen molar-refractivity contribution in [2.75, 3.05) is 11.9 Å². The van der Waals surface area contributed by atoms with Crippen LogP contribution < -0.4 is 10.1 Å². The Labute approximate surface area is 102 Å². The van der Waals surface area contributed by atoms with Crippen molar-refractivity contribution in [3.63, 3.8) is 0 Å². The zero-order valence-corrected chi connectivity index (χ0v) is 10.1. The summed E-state index contributed by atoms with van der Waals surface area (Å²) in [4.78, 5) is 3.04. The van der Waals surface area contributed by atoms with Gasteiger partial charge in [-0.05, 0) is 30.2 Å². The first-order valence-electron chi connectivity index (χ1n) is 5.97. The van der Waals surface area contributed by atoms with Crippen LogP contribution in [0.15, 0.2) is 42.7 Å². The molecule has 2 rings (SSSR count). The molecule has 0 aliphatic rings. The number of aromatic amines is 1. The lowest BCUT2D eigenvalue weighted by Crippen LogP contribution is -2.02. The summed E-state index contributed by atoms with van der Waals surface area (Å²) in [5.74, 6) is 0.921. The molecule has 2 aromatic rings. The third-order valence-corrected chi connectivity index (χ3v) is 2.49. The van der Waals surface area contributed by atoms with Crippen molar-refractivity contribution < 1.29 is 4.74 Å². The number of ether oxygens (including phenoxy) is 1. The zero-order valence-electron chi connectivity index (χ0n) is 10.1. The molecule has 0 aliphatic heterocycles. The van der Waals surface area contributed by atoms with Gasteiger partial charge >= 0.3 is 0 Å². The van der Waals surface area contributed by atoms with E-state index >= 15 is 0 Å². The van der Waals surface area contributed by atoms with Crippen LogP contribution in [0.25, 0.3) is 0 Å². The molecule has 1 heterocycles. The number of hydrogen-bond donors (Lipinski definition) is 2. The van der Waals surface area contributed by atoms with E-state index < -0.39 is 0 Å². The van der Waals surface area contributed by atoms with Gasteiger partial charge in [0.1, 0.15) is 5.75 Å². The van der Waals surface area contributed by atoms with Crippen molar-refractivity contribution in [3.05, 3.63) is 48.3 Å². The molecule has 1 aromatic heterocycles. The molecule has 2 N–H and O–H groups in total. The van der Waals surface area contributed by atoms with Crippen LogP contribution in [0.5, 0.6) is 5.75 Å². The smallest absolute Gasteiger partial charge is 0.142 e. The Kier molecular flexibility index (Phi) is 4.08. The summed E-state index contributed by atoms with van der Waals surface area (Å²) >= 11 is 0. The summed E-state index contributed by atoms with van der Waals surface area (Å²) in [5, 5.41) is 3.38. The van der Waals surface area contributed by atoms with Crippen molar-refractivity contribution in [2.45, 2.75) is 19.9 Å². The quantitative estimate of drug-likeness (QED) is 0.798. The van der Waals surface area contributed by atoms with E-state index in [0.717, 1.165) is 31.0 Å². The van der Waals surface area contributed by atoms with Gasteiger partial charge in [-0.2, -0.15) is 0 Å². The normalized spacial score (nSPS) is 10.2. The molecule has 1 aromatic carbocycles. The van der Waals surface area contributed by atoms with Crippen LogP contribution in [-0.4, -0.2) is 11.6 Å². The van der Waals surface area contributed by atoms with Gasteiger partial charge in [-0.25, -0.2) is 0 Å². The second kappa shape index (κ2) is 5.99. The fourth-order valence-electron chi connectivity index (χ4n) is 1.62. The van der Waals surface area contributed by atoms with E-state index in [0.29, 0.717) is 0 Å². The van der Waals surface area contributed by atoms with Gasteiger partial charge in [0.25, 0.3) is 0 Å².